The molecule has 7 heteroatoms. The van der Waals surface area contributed by atoms with E-state index in [-0.39, 0.29) is 11.3 Å². The maximum absolute atomic E-state index is 10.5. The molecule has 1 aliphatic carbocycles. The molecule has 0 amide bonds. The zero-order chi connectivity index (χ0) is 20.2. The van der Waals surface area contributed by atoms with Crippen LogP contribution in [0.3, 0.4) is 0 Å². The lowest BCUT2D eigenvalue weighted by Gasteiger charge is -2.14. The van der Waals surface area contributed by atoms with Crippen molar-refractivity contribution in [1.82, 2.24) is 14.4 Å². The number of nitrogens with two attached hydrogens (primary N) is 2. The molecule has 2 aromatic rings. The molecule has 1 fully saturated rings. The number of hydrazine groups is 1. The number of rotatable bonds is 5. The summed E-state index contributed by atoms with van der Waals surface area (Å²) in [5, 5.41) is 1.36. The summed E-state index contributed by atoms with van der Waals surface area (Å²) in [7, 11) is 1.71. The van der Waals surface area contributed by atoms with Crippen molar-refractivity contribution in [1.29, 1.82) is 0 Å². The van der Waals surface area contributed by atoms with E-state index in [2.05, 4.69) is 28.6 Å². The Bertz CT molecular complexity index is 816. The molecule has 0 aromatic carbocycles. The Labute approximate surface area is 161 Å². The van der Waals surface area contributed by atoms with Crippen LogP contribution in [0, 0.1) is 6.92 Å². The van der Waals surface area contributed by atoms with E-state index < -0.39 is 0 Å². The number of aromatic nitrogens is 2. The Morgan fingerprint density at radius 2 is 2.04 bits per heavy atom. The summed E-state index contributed by atoms with van der Waals surface area (Å²) in [6.07, 6.45) is 8.64. The standard InChI is InChI=1S/C15H19N5O.C5H12O/c1-10-4-12(11-2-3-11)5-19-7-14(18-15(10)19)8-20(17)6-13(16)9-21;1-5(2,3)6-4/h4-7,9,11H,2-3,8,16-17H2,1H3;1-4H3/b13-6-;. The monoisotopic (exact) mass is 373 g/mol. The van der Waals surface area contributed by atoms with Crippen LogP contribution >= 0.6 is 0 Å². The van der Waals surface area contributed by atoms with Gasteiger partial charge in [-0.1, -0.05) is 6.07 Å². The summed E-state index contributed by atoms with van der Waals surface area (Å²) in [6, 6.07) is 2.22. The lowest BCUT2D eigenvalue weighted by atomic mass is 10.1. The van der Waals surface area contributed by atoms with Crippen molar-refractivity contribution in [2.24, 2.45) is 11.6 Å². The van der Waals surface area contributed by atoms with Gasteiger partial charge in [-0.15, -0.1) is 0 Å². The van der Waals surface area contributed by atoms with Gasteiger partial charge in [-0.2, -0.15) is 0 Å². The first kappa shape index (κ1) is 20.9. The van der Waals surface area contributed by atoms with Crippen LogP contribution in [0.4, 0.5) is 0 Å². The fraction of sp³-hybridized carbons (Fsp3) is 0.500. The fourth-order valence-electron chi connectivity index (χ4n) is 2.52. The number of fused-ring (bicyclic) bond motifs is 1. The summed E-state index contributed by atoms with van der Waals surface area (Å²) in [4.78, 5) is 15.1. The van der Waals surface area contributed by atoms with Crippen molar-refractivity contribution in [3.05, 3.63) is 47.2 Å². The molecule has 0 spiro atoms. The highest BCUT2D eigenvalue weighted by Crippen LogP contribution is 2.40. The largest absolute Gasteiger partial charge is 0.395 e. The van der Waals surface area contributed by atoms with Crippen LogP contribution in [0.15, 0.2) is 30.4 Å². The fourth-order valence-corrected chi connectivity index (χ4v) is 2.52. The van der Waals surface area contributed by atoms with Crippen molar-refractivity contribution in [2.45, 2.75) is 58.6 Å². The molecule has 0 bridgehead atoms. The van der Waals surface area contributed by atoms with E-state index in [0.29, 0.717) is 18.7 Å². The van der Waals surface area contributed by atoms with Gasteiger partial charge in [0.25, 0.3) is 0 Å². The van der Waals surface area contributed by atoms with Gasteiger partial charge in [0.2, 0.25) is 0 Å². The molecule has 0 aliphatic heterocycles. The van der Waals surface area contributed by atoms with Crippen LogP contribution in [0.25, 0.3) is 5.65 Å². The number of hydrogen-bond donors (Lipinski definition) is 2. The summed E-state index contributed by atoms with van der Waals surface area (Å²) in [5.74, 6) is 6.51. The molecule has 27 heavy (non-hydrogen) atoms. The number of aryl methyl sites for hydroxylation is 1. The second-order valence-corrected chi connectivity index (χ2v) is 7.93. The van der Waals surface area contributed by atoms with Gasteiger partial charge in [0.15, 0.2) is 6.29 Å². The van der Waals surface area contributed by atoms with Crippen LogP contribution in [0.2, 0.25) is 0 Å². The predicted molar refractivity (Wildman–Crippen MR) is 107 cm³/mol. The molecular weight excluding hydrogens is 342 g/mol. The minimum Gasteiger partial charge on any atom is -0.395 e. The molecule has 0 saturated heterocycles. The molecule has 7 nitrogen and oxygen atoms in total. The topological polar surface area (TPSA) is 98.9 Å². The molecule has 0 radical (unpaired) electrons. The minimum atomic E-state index is 0.0417. The van der Waals surface area contributed by atoms with Gasteiger partial charge in [-0.3, -0.25) is 4.79 Å². The lowest BCUT2D eigenvalue weighted by molar-refractivity contribution is -0.105. The number of methoxy groups -OCH3 is 1. The quantitative estimate of drug-likeness (QED) is 0.362. The van der Waals surface area contributed by atoms with E-state index in [1.165, 1.54) is 29.6 Å². The molecular formula is C20H31N5O2. The number of aldehydes is 1. The Hall–Kier alpha value is -2.38. The van der Waals surface area contributed by atoms with Crippen LogP contribution in [-0.2, 0) is 16.1 Å². The van der Waals surface area contributed by atoms with E-state index in [4.69, 9.17) is 16.3 Å². The van der Waals surface area contributed by atoms with Crippen molar-refractivity contribution < 1.29 is 9.53 Å². The highest BCUT2D eigenvalue weighted by molar-refractivity contribution is 5.71. The Morgan fingerprint density at radius 3 is 2.56 bits per heavy atom. The van der Waals surface area contributed by atoms with Gasteiger partial charge in [0, 0.05) is 25.7 Å². The molecule has 148 valence electrons. The number of allylic oxidation sites excluding steroid dienone is 1. The van der Waals surface area contributed by atoms with Crippen LogP contribution in [0.1, 0.15) is 56.4 Å². The average Bonchev–Trinajstić information content (AvgIpc) is 3.35. The number of hydrogen-bond acceptors (Lipinski definition) is 6. The second kappa shape index (κ2) is 8.54. The Morgan fingerprint density at radius 1 is 1.41 bits per heavy atom. The summed E-state index contributed by atoms with van der Waals surface area (Å²) in [6.45, 7) is 8.53. The van der Waals surface area contributed by atoms with Crippen molar-refractivity contribution in [3.8, 4) is 0 Å². The van der Waals surface area contributed by atoms with Crippen molar-refractivity contribution in [3.63, 3.8) is 0 Å². The molecule has 0 unspecified atom stereocenters. The molecule has 3 rings (SSSR count). The summed E-state index contributed by atoms with van der Waals surface area (Å²) >= 11 is 0. The van der Waals surface area contributed by atoms with Gasteiger partial charge in [-0.05, 0) is 57.6 Å². The first-order valence-electron chi connectivity index (χ1n) is 9.10. The third-order valence-corrected chi connectivity index (χ3v) is 4.26. The molecule has 2 heterocycles. The number of carbonyl (C=O) groups excluding carboxylic acids is 1. The van der Waals surface area contributed by atoms with Crippen molar-refractivity contribution >= 4 is 11.9 Å². The Kier molecular flexibility index (Phi) is 6.62. The normalized spacial score (nSPS) is 14.7. The van der Waals surface area contributed by atoms with Crippen LogP contribution in [-0.4, -0.2) is 33.4 Å². The molecule has 4 N–H and O–H groups in total. The highest BCUT2D eigenvalue weighted by Gasteiger charge is 2.24. The van der Waals surface area contributed by atoms with E-state index in [1.807, 2.05) is 27.0 Å². The van der Waals surface area contributed by atoms with E-state index in [1.54, 1.807) is 7.11 Å². The van der Waals surface area contributed by atoms with Gasteiger partial charge in [0.05, 0.1) is 23.5 Å². The molecule has 0 atom stereocenters. The molecule has 1 aliphatic rings. The third kappa shape index (κ3) is 6.37. The molecule has 2 aromatic heterocycles. The summed E-state index contributed by atoms with van der Waals surface area (Å²) < 4.78 is 6.99. The van der Waals surface area contributed by atoms with Gasteiger partial charge in [0.1, 0.15) is 5.65 Å². The number of imidazole rings is 1. The van der Waals surface area contributed by atoms with Crippen molar-refractivity contribution in [2.75, 3.05) is 7.11 Å². The SMILES string of the molecule is COC(C)(C)C.Cc1cc(C2CC2)cn2cc(CN(N)/C=C(\N)C=O)nc12. The minimum absolute atomic E-state index is 0.0417. The van der Waals surface area contributed by atoms with E-state index >= 15 is 0 Å². The maximum atomic E-state index is 10.5. The number of nitrogens with zero attached hydrogens (tertiary/aromatic N) is 3. The van der Waals surface area contributed by atoms with Crippen LogP contribution < -0.4 is 11.6 Å². The maximum Gasteiger partial charge on any atom is 0.167 e. The highest BCUT2D eigenvalue weighted by atomic mass is 16.5. The molecule has 1 saturated carbocycles. The second-order valence-electron chi connectivity index (χ2n) is 7.93. The predicted octanol–water partition coefficient (Wildman–Crippen LogP) is 2.63. The number of pyridine rings is 1. The zero-order valence-corrected chi connectivity index (χ0v) is 16.9. The first-order chi connectivity index (χ1) is 12.6. The average molecular weight is 374 g/mol. The summed E-state index contributed by atoms with van der Waals surface area (Å²) in [5.41, 5.74) is 9.88. The Balaban J connectivity index is 0.000000380. The first-order valence-corrected chi connectivity index (χ1v) is 9.10. The van der Waals surface area contributed by atoms with Gasteiger partial charge in [-0.25, -0.2) is 10.8 Å². The third-order valence-electron chi connectivity index (χ3n) is 4.26. The number of carbonyl (C=O) groups is 1. The van der Waals surface area contributed by atoms with Crippen LogP contribution in [0.5, 0.6) is 0 Å². The van der Waals surface area contributed by atoms with Gasteiger partial charge >= 0.3 is 0 Å². The number of ether oxygens (including phenoxy) is 1. The lowest BCUT2D eigenvalue weighted by Crippen LogP contribution is -2.26. The zero-order valence-electron chi connectivity index (χ0n) is 16.9. The van der Waals surface area contributed by atoms with E-state index in [9.17, 15) is 4.79 Å². The smallest absolute Gasteiger partial charge is 0.167 e. The van der Waals surface area contributed by atoms with E-state index in [0.717, 1.165) is 16.9 Å². The van der Waals surface area contributed by atoms with Gasteiger partial charge < -0.3 is 19.9 Å².